The van der Waals surface area contributed by atoms with Crippen molar-refractivity contribution in [2.45, 2.75) is 9.79 Å². The molecular formula is C44H29N3S. The van der Waals surface area contributed by atoms with Crippen LogP contribution < -0.4 is 4.90 Å². The molecule has 0 unspecified atom stereocenters. The molecule has 9 aromatic rings. The van der Waals surface area contributed by atoms with Crippen molar-refractivity contribution in [1.29, 1.82) is 0 Å². The first kappa shape index (κ1) is 27.2. The molecule has 2 aromatic heterocycles. The third-order valence-corrected chi connectivity index (χ3v) is 10.6. The van der Waals surface area contributed by atoms with Crippen LogP contribution in [0.1, 0.15) is 0 Å². The Labute approximate surface area is 282 Å². The van der Waals surface area contributed by atoms with Gasteiger partial charge in [-0.3, -0.25) is 0 Å². The van der Waals surface area contributed by atoms with Crippen LogP contribution in [0.15, 0.2) is 186 Å². The first-order chi connectivity index (χ1) is 23.8. The van der Waals surface area contributed by atoms with E-state index in [1.165, 1.54) is 65.0 Å². The van der Waals surface area contributed by atoms with Gasteiger partial charge in [-0.15, -0.1) is 0 Å². The molecule has 0 spiro atoms. The highest BCUT2D eigenvalue weighted by Crippen LogP contribution is 2.51. The predicted octanol–water partition coefficient (Wildman–Crippen LogP) is 12.3. The molecule has 48 heavy (non-hydrogen) atoms. The third kappa shape index (κ3) is 4.09. The Morgan fingerprint density at radius 1 is 0.417 bits per heavy atom. The van der Waals surface area contributed by atoms with Crippen LogP contribution in [-0.2, 0) is 0 Å². The standard InChI is InChI=1S/C44H29N3S/c1-3-14-30(15-4-1)37-29-45(31-16-5-2-6-17-31)43-36(37)27-26-35-34-20-7-8-21-38(34)47(44(35)43)33-19-13-18-32(28-33)46-39-22-9-11-24-41(39)48-42-25-12-10-23-40(42)46/h1-29H. The summed E-state index contributed by atoms with van der Waals surface area (Å²) in [6.45, 7) is 0. The van der Waals surface area contributed by atoms with E-state index in [2.05, 4.69) is 190 Å². The molecule has 3 nitrogen and oxygen atoms in total. The fourth-order valence-corrected chi connectivity index (χ4v) is 8.48. The summed E-state index contributed by atoms with van der Waals surface area (Å²) in [4.78, 5) is 4.93. The zero-order valence-electron chi connectivity index (χ0n) is 26.0. The smallest absolute Gasteiger partial charge is 0.0788 e. The number of hydrogen-bond acceptors (Lipinski definition) is 2. The highest BCUT2D eigenvalue weighted by atomic mass is 32.2. The number of aromatic nitrogens is 2. The first-order valence-corrected chi connectivity index (χ1v) is 17.1. The summed E-state index contributed by atoms with van der Waals surface area (Å²) < 4.78 is 4.86. The maximum Gasteiger partial charge on any atom is 0.0788 e. The van der Waals surface area contributed by atoms with Gasteiger partial charge in [-0.25, -0.2) is 0 Å². The summed E-state index contributed by atoms with van der Waals surface area (Å²) in [7, 11) is 0. The van der Waals surface area contributed by atoms with Gasteiger partial charge < -0.3 is 14.0 Å². The number of hydrogen-bond donors (Lipinski definition) is 0. The van der Waals surface area contributed by atoms with E-state index in [4.69, 9.17) is 0 Å². The number of para-hydroxylation sites is 4. The van der Waals surface area contributed by atoms with Crippen LogP contribution in [-0.4, -0.2) is 9.13 Å². The van der Waals surface area contributed by atoms with Crippen LogP contribution in [0, 0.1) is 0 Å². The third-order valence-electron chi connectivity index (χ3n) is 9.50. The van der Waals surface area contributed by atoms with Crippen molar-refractivity contribution in [1.82, 2.24) is 9.13 Å². The topological polar surface area (TPSA) is 13.1 Å². The van der Waals surface area contributed by atoms with Gasteiger partial charge in [0.05, 0.1) is 27.9 Å². The summed E-state index contributed by atoms with van der Waals surface area (Å²) in [6, 6.07) is 61.4. The quantitative estimate of drug-likeness (QED) is 0.192. The van der Waals surface area contributed by atoms with Gasteiger partial charge in [-0.2, -0.15) is 0 Å². The first-order valence-electron chi connectivity index (χ1n) is 16.3. The van der Waals surface area contributed by atoms with E-state index in [0.717, 1.165) is 17.1 Å². The van der Waals surface area contributed by atoms with Crippen LogP contribution in [0.25, 0.3) is 55.2 Å². The minimum absolute atomic E-state index is 1.13. The average molecular weight is 632 g/mol. The summed E-state index contributed by atoms with van der Waals surface area (Å²) in [6.07, 6.45) is 2.31. The van der Waals surface area contributed by atoms with Gasteiger partial charge in [0.25, 0.3) is 0 Å². The molecule has 0 saturated heterocycles. The van der Waals surface area contributed by atoms with Crippen molar-refractivity contribution in [2.75, 3.05) is 4.90 Å². The van der Waals surface area contributed by atoms with Gasteiger partial charge in [-0.05, 0) is 66.2 Å². The van der Waals surface area contributed by atoms with Gasteiger partial charge in [-0.1, -0.05) is 121 Å². The fraction of sp³-hybridized carbons (Fsp3) is 0. The number of rotatable bonds is 4. The molecule has 1 aliphatic heterocycles. The molecule has 0 N–H and O–H groups in total. The normalized spacial score (nSPS) is 12.5. The monoisotopic (exact) mass is 631 g/mol. The summed E-state index contributed by atoms with van der Waals surface area (Å²) in [5.41, 5.74) is 11.8. The van der Waals surface area contributed by atoms with Gasteiger partial charge in [0.1, 0.15) is 0 Å². The van der Waals surface area contributed by atoms with Crippen molar-refractivity contribution in [2.24, 2.45) is 0 Å². The average Bonchev–Trinajstić information content (AvgIpc) is 3.71. The molecule has 7 aromatic carbocycles. The molecule has 1 aliphatic rings. The maximum absolute atomic E-state index is 2.47. The Hall–Kier alpha value is -5.97. The van der Waals surface area contributed by atoms with E-state index in [-0.39, 0.29) is 0 Å². The largest absolute Gasteiger partial charge is 0.314 e. The second-order valence-electron chi connectivity index (χ2n) is 12.2. The lowest BCUT2D eigenvalue weighted by Gasteiger charge is -2.33. The molecule has 226 valence electrons. The van der Waals surface area contributed by atoms with E-state index in [9.17, 15) is 0 Å². The van der Waals surface area contributed by atoms with Crippen molar-refractivity contribution in [3.8, 4) is 22.5 Å². The lowest BCUT2D eigenvalue weighted by molar-refractivity contribution is 1.11. The van der Waals surface area contributed by atoms with Crippen molar-refractivity contribution >= 4 is 61.5 Å². The molecule has 0 amide bonds. The molecule has 0 aliphatic carbocycles. The van der Waals surface area contributed by atoms with Crippen LogP contribution >= 0.6 is 11.8 Å². The molecule has 0 fully saturated rings. The molecule has 0 atom stereocenters. The Morgan fingerprint density at radius 2 is 1.02 bits per heavy atom. The van der Waals surface area contributed by atoms with E-state index >= 15 is 0 Å². The van der Waals surface area contributed by atoms with Crippen LogP contribution in [0.3, 0.4) is 0 Å². The Bertz CT molecular complexity index is 2610. The molecule has 3 heterocycles. The number of fused-ring (bicyclic) bond motifs is 7. The van der Waals surface area contributed by atoms with Crippen molar-refractivity contribution < 1.29 is 0 Å². The van der Waals surface area contributed by atoms with Crippen LogP contribution in [0.2, 0.25) is 0 Å². The van der Waals surface area contributed by atoms with E-state index in [1.807, 2.05) is 11.8 Å². The number of anilines is 3. The van der Waals surface area contributed by atoms with Gasteiger partial charge in [0.15, 0.2) is 0 Å². The fourth-order valence-electron chi connectivity index (χ4n) is 7.43. The predicted molar refractivity (Wildman–Crippen MR) is 202 cm³/mol. The van der Waals surface area contributed by atoms with Crippen molar-refractivity contribution in [3.63, 3.8) is 0 Å². The van der Waals surface area contributed by atoms with Gasteiger partial charge in [0.2, 0.25) is 0 Å². The highest BCUT2D eigenvalue weighted by molar-refractivity contribution is 7.99. The second-order valence-corrected chi connectivity index (χ2v) is 13.3. The molecule has 0 bridgehead atoms. The van der Waals surface area contributed by atoms with Crippen LogP contribution in [0.5, 0.6) is 0 Å². The van der Waals surface area contributed by atoms with Crippen molar-refractivity contribution in [3.05, 3.63) is 176 Å². The Kier molecular flexibility index (Phi) is 6.11. The van der Waals surface area contributed by atoms with E-state index in [0.29, 0.717) is 0 Å². The summed E-state index contributed by atoms with van der Waals surface area (Å²) >= 11 is 1.84. The Balaban J connectivity index is 1.29. The SMILES string of the molecule is c1ccc(-c2cn(-c3ccccc3)c3c2ccc2c4ccccc4n(-c4cccc(N5c6ccccc6Sc6ccccc65)c4)c23)cc1. The van der Waals surface area contributed by atoms with E-state index < -0.39 is 0 Å². The van der Waals surface area contributed by atoms with Crippen LogP contribution in [0.4, 0.5) is 17.1 Å². The molecule has 10 rings (SSSR count). The minimum Gasteiger partial charge on any atom is -0.314 e. The van der Waals surface area contributed by atoms with E-state index in [1.54, 1.807) is 0 Å². The lowest BCUT2D eigenvalue weighted by atomic mass is 10.0. The summed E-state index contributed by atoms with van der Waals surface area (Å²) in [5, 5.41) is 3.71. The lowest BCUT2D eigenvalue weighted by Crippen LogP contribution is -2.15. The number of nitrogens with zero attached hydrogens (tertiary/aromatic N) is 3. The maximum atomic E-state index is 2.47. The highest BCUT2D eigenvalue weighted by Gasteiger charge is 2.26. The summed E-state index contributed by atoms with van der Waals surface area (Å²) in [5.74, 6) is 0. The molecule has 4 heteroatoms. The van der Waals surface area contributed by atoms with Gasteiger partial charge in [0, 0.05) is 54.8 Å². The van der Waals surface area contributed by atoms with Gasteiger partial charge >= 0.3 is 0 Å². The zero-order chi connectivity index (χ0) is 31.6. The molecular weight excluding hydrogens is 603 g/mol. The zero-order valence-corrected chi connectivity index (χ0v) is 26.8. The second kappa shape index (κ2) is 10.8. The molecule has 0 saturated carbocycles. The number of benzene rings is 7. The Morgan fingerprint density at radius 3 is 1.79 bits per heavy atom. The minimum atomic E-state index is 1.13. The molecule has 0 radical (unpaired) electrons.